The minimum Gasteiger partial charge on any atom is -0.232 e. The van der Waals surface area contributed by atoms with Crippen molar-refractivity contribution in [3.8, 4) is 0 Å². The summed E-state index contributed by atoms with van der Waals surface area (Å²) in [5.74, 6) is 0.846. The lowest BCUT2D eigenvalue weighted by atomic mass is 10.7. The molecule has 0 aromatic heterocycles. The van der Waals surface area contributed by atoms with Gasteiger partial charge in [0.2, 0.25) is 0 Å². The lowest BCUT2D eigenvalue weighted by Crippen LogP contribution is -1.87. The van der Waals surface area contributed by atoms with Crippen molar-refractivity contribution in [2.75, 3.05) is 0 Å². The summed E-state index contributed by atoms with van der Waals surface area (Å²) in [4.78, 5) is 9.17. The molecular formula is C3HClF2O. The molecule has 0 saturated heterocycles. The van der Waals surface area contributed by atoms with Gasteiger partial charge >= 0.3 is 0 Å². The molecule has 0 aliphatic carbocycles. The van der Waals surface area contributed by atoms with Crippen LogP contribution in [0, 0.1) is 0 Å². The molecule has 0 fully saturated rings. The summed E-state index contributed by atoms with van der Waals surface area (Å²) >= 11 is 4.54. The highest BCUT2D eigenvalue weighted by molar-refractivity contribution is 6.33. The number of hydrogen-bond donors (Lipinski definition) is 0. The molecule has 0 N–H and O–H groups in total. The second kappa shape index (κ2) is 2.72. The second-order valence-corrected chi connectivity index (χ2v) is 1.16. The highest BCUT2D eigenvalue weighted by atomic mass is 35.5. The first-order chi connectivity index (χ1) is 3.18. The Hall–Kier alpha value is -0.400. The van der Waals surface area contributed by atoms with Crippen LogP contribution in [0.4, 0.5) is 8.78 Å². The number of carbonyl (C=O) groups excluding carboxylic acids is 1. The van der Waals surface area contributed by atoms with Gasteiger partial charge in [0.1, 0.15) is 5.94 Å². The Morgan fingerprint density at radius 1 is 1.71 bits per heavy atom. The molecule has 0 rings (SSSR count). The topological polar surface area (TPSA) is 17.1 Å². The third-order valence-electron chi connectivity index (χ3n) is 0.289. The van der Waals surface area contributed by atoms with Gasteiger partial charge in [-0.3, -0.25) is 0 Å². The molecule has 0 unspecified atom stereocenters. The Kier molecular flexibility index (Phi) is 2.56. The fraction of sp³-hybridized carbons (Fsp3) is 0.333. The van der Waals surface area contributed by atoms with Crippen molar-refractivity contribution in [2.45, 2.75) is 6.43 Å². The van der Waals surface area contributed by atoms with E-state index in [2.05, 4.69) is 11.6 Å². The average Bonchev–Trinajstić information content (AvgIpc) is 1.65. The monoisotopic (exact) mass is 126 g/mol. The van der Waals surface area contributed by atoms with E-state index in [0.717, 1.165) is 5.94 Å². The zero-order valence-corrected chi connectivity index (χ0v) is 3.88. The number of hydrogen-bond acceptors (Lipinski definition) is 1. The Bertz CT molecular complexity index is 106. The van der Waals surface area contributed by atoms with Crippen LogP contribution >= 0.6 is 11.6 Å². The van der Waals surface area contributed by atoms with Crippen molar-refractivity contribution in [3.63, 3.8) is 0 Å². The van der Waals surface area contributed by atoms with Crippen LogP contribution in [-0.4, -0.2) is 12.4 Å². The summed E-state index contributed by atoms with van der Waals surface area (Å²) in [6, 6.07) is 0. The molecule has 7 heavy (non-hydrogen) atoms. The molecule has 0 amide bonds. The quantitative estimate of drug-likeness (QED) is 0.483. The van der Waals surface area contributed by atoms with Crippen LogP contribution in [0.25, 0.3) is 0 Å². The third kappa shape index (κ3) is 2.31. The zero-order chi connectivity index (χ0) is 5.86. The molecular weight excluding hydrogens is 125 g/mol. The molecule has 0 aromatic carbocycles. The summed E-state index contributed by atoms with van der Waals surface area (Å²) in [5, 5.41) is -1.07. The van der Waals surface area contributed by atoms with Gasteiger partial charge in [0.05, 0.1) is 0 Å². The van der Waals surface area contributed by atoms with Gasteiger partial charge in [-0.1, -0.05) is 11.6 Å². The van der Waals surface area contributed by atoms with Gasteiger partial charge in [-0.2, -0.15) is 0 Å². The molecule has 0 aliphatic rings. The van der Waals surface area contributed by atoms with Crippen LogP contribution < -0.4 is 0 Å². The van der Waals surface area contributed by atoms with Gasteiger partial charge in [-0.25, -0.2) is 13.6 Å². The van der Waals surface area contributed by atoms with Gasteiger partial charge in [0.25, 0.3) is 6.43 Å². The first-order valence-electron chi connectivity index (χ1n) is 1.37. The fourth-order valence-electron chi connectivity index (χ4n) is 0.0445. The van der Waals surface area contributed by atoms with E-state index in [0.29, 0.717) is 0 Å². The molecule has 0 bridgehead atoms. The zero-order valence-electron chi connectivity index (χ0n) is 3.12. The van der Waals surface area contributed by atoms with Crippen molar-refractivity contribution in [2.24, 2.45) is 0 Å². The lowest BCUT2D eigenvalue weighted by Gasteiger charge is -1.83. The molecule has 4 heteroatoms. The standard InChI is InChI=1S/C3HClF2O/c4-2(1-7)3(5)6/h3H. The first-order valence-corrected chi connectivity index (χ1v) is 1.75. The highest BCUT2D eigenvalue weighted by Crippen LogP contribution is 2.07. The van der Waals surface area contributed by atoms with Crippen molar-refractivity contribution in [3.05, 3.63) is 5.03 Å². The van der Waals surface area contributed by atoms with Crippen LogP contribution in [0.3, 0.4) is 0 Å². The van der Waals surface area contributed by atoms with Crippen LogP contribution in [0.2, 0.25) is 0 Å². The highest BCUT2D eigenvalue weighted by Gasteiger charge is 2.06. The van der Waals surface area contributed by atoms with Gasteiger partial charge in [0.15, 0.2) is 5.03 Å². The molecule has 40 valence electrons. The normalized spacial score (nSPS) is 8.57. The van der Waals surface area contributed by atoms with Gasteiger partial charge < -0.3 is 0 Å². The molecule has 0 saturated carbocycles. The van der Waals surface area contributed by atoms with E-state index in [1.807, 2.05) is 0 Å². The smallest absolute Gasteiger partial charge is 0.232 e. The van der Waals surface area contributed by atoms with Crippen LogP contribution in [0.1, 0.15) is 0 Å². The average molecular weight is 126 g/mol. The van der Waals surface area contributed by atoms with E-state index in [4.69, 9.17) is 0 Å². The largest absolute Gasteiger partial charge is 0.284 e. The lowest BCUT2D eigenvalue weighted by molar-refractivity contribution is 0.200. The molecule has 1 nitrogen and oxygen atoms in total. The van der Waals surface area contributed by atoms with Gasteiger partial charge in [-0.15, -0.1) is 0 Å². The van der Waals surface area contributed by atoms with Crippen LogP contribution in [0.15, 0.2) is 5.03 Å². The van der Waals surface area contributed by atoms with Crippen molar-refractivity contribution >= 4 is 17.5 Å². The molecule has 0 aliphatic heterocycles. The van der Waals surface area contributed by atoms with Crippen molar-refractivity contribution < 1.29 is 13.6 Å². The number of rotatable bonds is 1. The summed E-state index contributed by atoms with van der Waals surface area (Å²) < 4.78 is 22.0. The van der Waals surface area contributed by atoms with Crippen molar-refractivity contribution in [1.82, 2.24) is 0 Å². The van der Waals surface area contributed by atoms with E-state index in [1.54, 1.807) is 0 Å². The summed E-state index contributed by atoms with van der Waals surface area (Å²) in [6.07, 6.45) is -2.88. The third-order valence-corrected chi connectivity index (χ3v) is 0.531. The summed E-state index contributed by atoms with van der Waals surface area (Å²) in [6.45, 7) is 0. The van der Waals surface area contributed by atoms with E-state index in [1.165, 1.54) is 0 Å². The first kappa shape index (κ1) is 6.60. The van der Waals surface area contributed by atoms with Gasteiger partial charge in [0, 0.05) is 0 Å². The maximum Gasteiger partial charge on any atom is 0.284 e. The maximum absolute atomic E-state index is 11.0. The molecule has 0 radical (unpaired) electrons. The Balaban J connectivity index is 3.81. The summed E-state index contributed by atoms with van der Waals surface area (Å²) in [7, 11) is 0. The predicted octanol–water partition coefficient (Wildman–Crippen LogP) is 1.21. The number of halogens is 3. The predicted molar refractivity (Wildman–Crippen MR) is 21.1 cm³/mol. The molecule has 0 aromatic rings. The number of alkyl halides is 2. The molecule has 0 spiro atoms. The number of allylic oxidation sites excluding steroid dienone is 1. The van der Waals surface area contributed by atoms with E-state index in [-0.39, 0.29) is 0 Å². The fourth-order valence-corrected chi connectivity index (χ4v) is 0.0445. The minimum absolute atomic E-state index is 0.846. The maximum atomic E-state index is 11.0. The van der Waals surface area contributed by atoms with E-state index >= 15 is 0 Å². The van der Waals surface area contributed by atoms with E-state index < -0.39 is 11.5 Å². The van der Waals surface area contributed by atoms with Gasteiger partial charge in [-0.05, 0) is 0 Å². The Morgan fingerprint density at radius 2 is 2.14 bits per heavy atom. The van der Waals surface area contributed by atoms with E-state index in [9.17, 15) is 13.6 Å². The Labute approximate surface area is 43.6 Å². The molecule has 0 atom stereocenters. The SMILES string of the molecule is O=C=C(Cl)C(F)F. The minimum atomic E-state index is -2.88. The van der Waals surface area contributed by atoms with Crippen molar-refractivity contribution in [1.29, 1.82) is 0 Å². The van der Waals surface area contributed by atoms with Crippen LogP contribution in [0.5, 0.6) is 0 Å². The summed E-state index contributed by atoms with van der Waals surface area (Å²) in [5.41, 5.74) is 0. The molecule has 0 heterocycles. The Morgan fingerprint density at radius 3 is 2.14 bits per heavy atom. The van der Waals surface area contributed by atoms with Crippen LogP contribution in [-0.2, 0) is 4.79 Å². The second-order valence-electron chi connectivity index (χ2n) is 0.751.